The zero-order valence-corrected chi connectivity index (χ0v) is 16.5. The van der Waals surface area contributed by atoms with Gasteiger partial charge in [-0.3, -0.25) is 9.89 Å². The lowest BCUT2D eigenvalue weighted by molar-refractivity contribution is 0.0599. The van der Waals surface area contributed by atoms with E-state index >= 15 is 0 Å². The second kappa shape index (κ2) is 7.98. The van der Waals surface area contributed by atoms with Crippen molar-refractivity contribution in [2.24, 2.45) is 0 Å². The molecule has 0 aliphatic heterocycles. The standard InChI is InChI=1S/C18H17ClN4O3S/c1-9-14(17(25)26-3)10(2)20-15(9)13(24)8-27-18-21-16(22-23-18)11-4-6-12(19)7-5-11/h4-7,20H,8H2,1-3H3,(H,21,22,23). The van der Waals surface area contributed by atoms with E-state index in [-0.39, 0.29) is 11.5 Å². The molecule has 1 aromatic carbocycles. The number of Topliss-reactive ketones (excluding diaryl/α,β-unsaturated/α-hetero) is 1. The van der Waals surface area contributed by atoms with Crippen LogP contribution in [0.15, 0.2) is 29.4 Å². The minimum Gasteiger partial charge on any atom is -0.465 e. The molecule has 27 heavy (non-hydrogen) atoms. The van der Waals surface area contributed by atoms with Crippen LogP contribution in [0.5, 0.6) is 0 Å². The number of hydrogen-bond donors (Lipinski definition) is 2. The van der Waals surface area contributed by atoms with Crippen molar-refractivity contribution in [2.45, 2.75) is 19.0 Å². The van der Waals surface area contributed by atoms with E-state index in [0.29, 0.717) is 38.5 Å². The number of rotatable bonds is 6. The van der Waals surface area contributed by atoms with Crippen molar-refractivity contribution in [3.63, 3.8) is 0 Å². The Kier molecular flexibility index (Phi) is 5.67. The topological polar surface area (TPSA) is 101 Å². The van der Waals surface area contributed by atoms with Gasteiger partial charge in [0, 0.05) is 16.3 Å². The van der Waals surface area contributed by atoms with Crippen molar-refractivity contribution in [3.05, 3.63) is 51.8 Å². The van der Waals surface area contributed by atoms with Gasteiger partial charge in [-0.2, -0.15) is 0 Å². The van der Waals surface area contributed by atoms with Crippen LogP contribution in [0.3, 0.4) is 0 Å². The van der Waals surface area contributed by atoms with Gasteiger partial charge in [-0.1, -0.05) is 23.4 Å². The van der Waals surface area contributed by atoms with Crippen LogP contribution in [-0.4, -0.2) is 44.8 Å². The molecule has 9 heteroatoms. The summed E-state index contributed by atoms with van der Waals surface area (Å²) in [6.07, 6.45) is 0. The normalized spacial score (nSPS) is 10.8. The van der Waals surface area contributed by atoms with Gasteiger partial charge in [0.2, 0.25) is 5.16 Å². The minimum atomic E-state index is -0.463. The van der Waals surface area contributed by atoms with Crippen LogP contribution in [0.4, 0.5) is 0 Å². The van der Waals surface area contributed by atoms with Crippen LogP contribution in [0.2, 0.25) is 5.02 Å². The highest BCUT2D eigenvalue weighted by molar-refractivity contribution is 7.99. The van der Waals surface area contributed by atoms with Crippen LogP contribution in [0, 0.1) is 13.8 Å². The van der Waals surface area contributed by atoms with Gasteiger partial charge in [0.05, 0.1) is 24.1 Å². The molecule has 140 valence electrons. The van der Waals surface area contributed by atoms with Crippen LogP contribution in [-0.2, 0) is 4.74 Å². The number of aryl methyl sites for hydroxylation is 1. The van der Waals surface area contributed by atoms with Crippen molar-refractivity contribution in [2.75, 3.05) is 12.9 Å². The summed E-state index contributed by atoms with van der Waals surface area (Å²) < 4.78 is 4.76. The summed E-state index contributed by atoms with van der Waals surface area (Å²) in [7, 11) is 1.31. The quantitative estimate of drug-likeness (QED) is 0.368. The van der Waals surface area contributed by atoms with Crippen LogP contribution in [0.25, 0.3) is 11.4 Å². The zero-order valence-electron chi connectivity index (χ0n) is 14.9. The Morgan fingerprint density at radius 3 is 2.59 bits per heavy atom. The Morgan fingerprint density at radius 1 is 1.22 bits per heavy atom. The number of esters is 1. The fourth-order valence-corrected chi connectivity index (χ4v) is 3.48. The first-order chi connectivity index (χ1) is 12.9. The van der Waals surface area contributed by atoms with E-state index in [4.69, 9.17) is 16.3 Å². The Balaban J connectivity index is 1.70. The fourth-order valence-electron chi connectivity index (χ4n) is 2.69. The number of carbonyl (C=O) groups excluding carboxylic acids is 2. The average molecular weight is 405 g/mol. The first kappa shape index (κ1) is 19.2. The van der Waals surface area contributed by atoms with E-state index in [1.807, 2.05) is 12.1 Å². The molecule has 2 heterocycles. The lowest BCUT2D eigenvalue weighted by Crippen LogP contribution is -2.07. The Morgan fingerprint density at radius 2 is 1.93 bits per heavy atom. The van der Waals surface area contributed by atoms with Gasteiger partial charge in [0.25, 0.3) is 0 Å². The Labute approximate surface area is 164 Å². The first-order valence-corrected chi connectivity index (χ1v) is 9.39. The molecule has 7 nitrogen and oxygen atoms in total. The SMILES string of the molecule is COC(=O)c1c(C)[nH]c(C(=O)CSc2n[nH]c(-c3ccc(Cl)cc3)n2)c1C. The van der Waals surface area contributed by atoms with E-state index in [2.05, 4.69) is 20.2 Å². The summed E-state index contributed by atoms with van der Waals surface area (Å²) in [5, 5.41) is 8.07. The van der Waals surface area contributed by atoms with Crippen LogP contribution in [0.1, 0.15) is 32.1 Å². The van der Waals surface area contributed by atoms with Gasteiger partial charge in [0.15, 0.2) is 11.6 Å². The third kappa shape index (κ3) is 4.06. The number of ketones is 1. The summed E-state index contributed by atoms with van der Waals surface area (Å²) in [5.41, 5.74) is 2.84. The summed E-state index contributed by atoms with van der Waals surface area (Å²) in [4.78, 5) is 31.7. The maximum atomic E-state index is 12.5. The highest BCUT2D eigenvalue weighted by atomic mass is 35.5. The molecule has 0 radical (unpaired) electrons. The zero-order chi connectivity index (χ0) is 19.6. The molecule has 2 aromatic heterocycles. The van der Waals surface area contributed by atoms with Crippen molar-refractivity contribution in [1.29, 1.82) is 0 Å². The summed E-state index contributed by atoms with van der Waals surface area (Å²) in [6.45, 7) is 3.45. The van der Waals surface area contributed by atoms with Gasteiger partial charge in [-0.25, -0.2) is 9.78 Å². The van der Waals surface area contributed by atoms with E-state index in [1.54, 1.807) is 26.0 Å². The molecule has 3 aromatic rings. The Bertz CT molecular complexity index is 995. The van der Waals surface area contributed by atoms with E-state index in [0.717, 1.165) is 5.56 Å². The van der Waals surface area contributed by atoms with E-state index in [1.165, 1.54) is 18.9 Å². The molecule has 0 aliphatic rings. The second-order valence-corrected chi connectivity index (χ2v) is 7.18. The molecule has 3 rings (SSSR count). The molecule has 0 spiro atoms. The first-order valence-electron chi connectivity index (χ1n) is 8.02. The molecule has 0 amide bonds. The lowest BCUT2D eigenvalue weighted by atomic mass is 10.1. The van der Waals surface area contributed by atoms with E-state index in [9.17, 15) is 9.59 Å². The largest absolute Gasteiger partial charge is 0.465 e. The number of ether oxygens (including phenoxy) is 1. The number of benzene rings is 1. The highest BCUT2D eigenvalue weighted by Crippen LogP contribution is 2.24. The number of thioether (sulfide) groups is 1. The van der Waals surface area contributed by atoms with Crippen molar-refractivity contribution in [3.8, 4) is 11.4 Å². The van der Waals surface area contributed by atoms with Gasteiger partial charge < -0.3 is 9.72 Å². The molecule has 0 atom stereocenters. The predicted molar refractivity (Wildman–Crippen MR) is 103 cm³/mol. The minimum absolute atomic E-state index is 0.138. The smallest absolute Gasteiger partial charge is 0.339 e. The number of carbonyl (C=O) groups is 2. The highest BCUT2D eigenvalue weighted by Gasteiger charge is 2.22. The summed E-state index contributed by atoms with van der Waals surface area (Å²) >= 11 is 7.10. The number of hydrogen-bond acceptors (Lipinski definition) is 6. The van der Waals surface area contributed by atoms with Gasteiger partial charge >= 0.3 is 5.97 Å². The number of nitrogens with zero attached hydrogens (tertiary/aromatic N) is 2. The number of nitrogens with one attached hydrogen (secondary N) is 2. The average Bonchev–Trinajstić information content (AvgIpc) is 3.24. The van der Waals surface area contributed by atoms with Gasteiger partial charge in [-0.15, -0.1) is 5.10 Å². The molecule has 0 saturated heterocycles. The molecule has 0 saturated carbocycles. The Hall–Kier alpha value is -2.58. The molecule has 0 bridgehead atoms. The van der Waals surface area contributed by atoms with Crippen LogP contribution < -0.4 is 0 Å². The van der Waals surface area contributed by atoms with Crippen LogP contribution >= 0.6 is 23.4 Å². The number of methoxy groups -OCH3 is 1. The molecular weight excluding hydrogens is 388 g/mol. The van der Waals surface area contributed by atoms with Gasteiger partial charge in [0.1, 0.15) is 0 Å². The third-order valence-corrected chi connectivity index (χ3v) is 5.12. The second-order valence-electron chi connectivity index (χ2n) is 5.80. The monoisotopic (exact) mass is 404 g/mol. The van der Waals surface area contributed by atoms with Crippen molar-refractivity contribution in [1.82, 2.24) is 20.2 Å². The number of H-pyrrole nitrogens is 2. The molecular formula is C18H17ClN4O3S. The summed E-state index contributed by atoms with van der Waals surface area (Å²) in [5.74, 6) is 0.129. The summed E-state index contributed by atoms with van der Waals surface area (Å²) in [6, 6.07) is 7.21. The van der Waals surface area contributed by atoms with Gasteiger partial charge in [-0.05, 0) is 43.7 Å². The van der Waals surface area contributed by atoms with Crippen molar-refractivity contribution >= 4 is 35.1 Å². The predicted octanol–water partition coefficient (Wildman–Crippen LogP) is 3.83. The molecule has 0 fully saturated rings. The number of halogens is 1. The fraction of sp³-hybridized carbons (Fsp3) is 0.222. The van der Waals surface area contributed by atoms with Crippen molar-refractivity contribution < 1.29 is 14.3 Å². The molecule has 0 unspecified atom stereocenters. The lowest BCUT2D eigenvalue weighted by Gasteiger charge is -2.00. The number of aromatic amines is 2. The maximum Gasteiger partial charge on any atom is 0.339 e. The molecule has 2 N–H and O–H groups in total. The molecule has 0 aliphatic carbocycles. The maximum absolute atomic E-state index is 12.5. The third-order valence-electron chi connectivity index (χ3n) is 4.02. The number of aromatic nitrogens is 4. The van der Waals surface area contributed by atoms with E-state index < -0.39 is 5.97 Å².